The lowest BCUT2D eigenvalue weighted by Gasteiger charge is -2.07. The highest BCUT2D eigenvalue weighted by Gasteiger charge is 2.20. The molecule has 0 bridgehead atoms. The van der Waals surface area contributed by atoms with Gasteiger partial charge in [-0.2, -0.15) is 0 Å². The van der Waals surface area contributed by atoms with Crippen LogP contribution in [0, 0.1) is 0 Å². The molecule has 0 aromatic carbocycles. The standard InChI is InChI=1S/C23H19N7O2/c1-14(2)30-12-19(18-11-25-13-27-22(18)30)21(31)16-7-17(10-24-9-16)28-23(32)15-3-5-29-6-4-26-20(29)8-15/h3-14H,1-2H3,(H,28,32). The number of fused-ring (bicyclic) bond motifs is 2. The second kappa shape index (κ2) is 7.69. The van der Waals surface area contributed by atoms with Crippen molar-refractivity contribution in [3.05, 3.63) is 84.6 Å². The van der Waals surface area contributed by atoms with Gasteiger partial charge in [-0.3, -0.25) is 14.6 Å². The fourth-order valence-electron chi connectivity index (χ4n) is 3.61. The van der Waals surface area contributed by atoms with Crippen LogP contribution >= 0.6 is 0 Å². The number of carbonyl (C=O) groups excluding carboxylic acids is 2. The van der Waals surface area contributed by atoms with E-state index in [1.165, 1.54) is 18.7 Å². The molecule has 0 fully saturated rings. The number of imidazole rings is 1. The summed E-state index contributed by atoms with van der Waals surface area (Å²) in [5.41, 5.74) is 3.10. The molecule has 0 atom stereocenters. The Morgan fingerprint density at radius 3 is 2.72 bits per heavy atom. The third-order valence-electron chi connectivity index (χ3n) is 5.21. The smallest absolute Gasteiger partial charge is 0.255 e. The summed E-state index contributed by atoms with van der Waals surface area (Å²) in [6.45, 7) is 4.04. The fourth-order valence-corrected chi connectivity index (χ4v) is 3.61. The SMILES string of the molecule is CC(C)n1cc(C(=O)c2cncc(NC(=O)c3ccn4ccnc4c3)c2)c2cncnc21. The average molecular weight is 425 g/mol. The summed E-state index contributed by atoms with van der Waals surface area (Å²) in [7, 11) is 0. The van der Waals surface area contributed by atoms with Crippen molar-refractivity contribution in [3.8, 4) is 0 Å². The average Bonchev–Trinajstić information content (AvgIpc) is 3.43. The van der Waals surface area contributed by atoms with Crippen LogP contribution < -0.4 is 5.32 Å². The summed E-state index contributed by atoms with van der Waals surface area (Å²) < 4.78 is 3.75. The van der Waals surface area contributed by atoms with Gasteiger partial charge >= 0.3 is 0 Å². The molecule has 9 nitrogen and oxygen atoms in total. The van der Waals surface area contributed by atoms with Crippen molar-refractivity contribution in [2.45, 2.75) is 19.9 Å². The highest BCUT2D eigenvalue weighted by molar-refractivity contribution is 6.16. The molecule has 32 heavy (non-hydrogen) atoms. The van der Waals surface area contributed by atoms with E-state index >= 15 is 0 Å². The molecule has 0 saturated heterocycles. The van der Waals surface area contributed by atoms with Crippen LogP contribution in [0.25, 0.3) is 16.7 Å². The van der Waals surface area contributed by atoms with Gasteiger partial charge in [0, 0.05) is 59.7 Å². The van der Waals surface area contributed by atoms with E-state index in [9.17, 15) is 9.59 Å². The zero-order chi connectivity index (χ0) is 22.2. The van der Waals surface area contributed by atoms with Crippen molar-refractivity contribution in [1.29, 1.82) is 0 Å². The Labute approximate surface area is 182 Å². The zero-order valence-corrected chi connectivity index (χ0v) is 17.4. The molecule has 158 valence electrons. The van der Waals surface area contributed by atoms with Crippen molar-refractivity contribution in [3.63, 3.8) is 0 Å². The number of hydrogen-bond donors (Lipinski definition) is 1. The van der Waals surface area contributed by atoms with Gasteiger partial charge in [0.15, 0.2) is 5.78 Å². The zero-order valence-electron chi connectivity index (χ0n) is 17.4. The van der Waals surface area contributed by atoms with Crippen LogP contribution in [0.1, 0.15) is 46.2 Å². The van der Waals surface area contributed by atoms with Crippen molar-refractivity contribution >= 4 is 34.1 Å². The van der Waals surface area contributed by atoms with Crippen molar-refractivity contribution in [1.82, 2.24) is 28.9 Å². The van der Waals surface area contributed by atoms with Gasteiger partial charge in [-0.1, -0.05) is 0 Å². The Morgan fingerprint density at radius 2 is 1.88 bits per heavy atom. The number of nitrogens with zero attached hydrogens (tertiary/aromatic N) is 6. The number of nitrogens with one attached hydrogen (secondary N) is 1. The summed E-state index contributed by atoms with van der Waals surface area (Å²) in [5, 5.41) is 3.48. The fraction of sp³-hybridized carbons (Fsp3) is 0.130. The molecule has 0 aliphatic rings. The van der Waals surface area contributed by atoms with Crippen LogP contribution in [-0.4, -0.2) is 40.6 Å². The monoisotopic (exact) mass is 425 g/mol. The quantitative estimate of drug-likeness (QED) is 0.432. The first-order valence-electron chi connectivity index (χ1n) is 10.1. The number of amides is 1. The predicted molar refractivity (Wildman–Crippen MR) is 119 cm³/mol. The van der Waals surface area contributed by atoms with Gasteiger partial charge in [0.25, 0.3) is 5.91 Å². The number of carbonyl (C=O) groups is 2. The summed E-state index contributed by atoms with van der Waals surface area (Å²) in [6, 6.07) is 5.14. The molecule has 5 rings (SSSR count). The number of hydrogen-bond acceptors (Lipinski definition) is 6. The molecule has 0 radical (unpaired) electrons. The Kier molecular flexibility index (Phi) is 4.70. The lowest BCUT2D eigenvalue weighted by molar-refractivity contribution is 0.102. The van der Waals surface area contributed by atoms with E-state index in [1.54, 1.807) is 49.2 Å². The molecule has 0 unspecified atom stereocenters. The number of anilines is 1. The van der Waals surface area contributed by atoms with Crippen molar-refractivity contribution in [2.24, 2.45) is 0 Å². The molecule has 0 spiro atoms. The molecule has 5 aromatic rings. The van der Waals surface area contributed by atoms with Crippen LogP contribution in [0.4, 0.5) is 5.69 Å². The summed E-state index contributed by atoms with van der Waals surface area (Å²) in [5.74, 6) is -0.529. The first-order chi connectivity index (χ1) is 15.5. The molecule has 0 saturated carbocycles. The van der Waals surface area contributed by atoms with Gasteiger partial charge in [0.2, 0.25) is 0 Å². The van der Waals surface area contributed by atoms with Crippen LogP contribution in [-0.2, 0) is 0 Å². The topological polar surface area (TPSA) is 107 Å². The molecule has 0 aliphatic heterocycles. The predicted octanol–water partition coefficient (Wildman–Crippen LogP) is 3.54. The van der Waals surface area contributed by atoms with Crippen LogP contribution in [0.2, 0.25) is 0 Å². The number of rotatable bonds is 5. The van der Waals surface area contributed by atoms with E-state index in [0.717, 1.165) is 0 Å². The van der Waals surface area contributed by atoms with Crippen LogP contribution in [0.3, 0.4) is 0 Å². The van der Waals surface area contributed by atoms with E-state index < -0.39 is 0 Å². The van der Waals surface area contributed by atoms with E-state index in [4.69, 9.17) is 0 Å². The molecule has 9 heteroatoms. The van der Waals surface area contributed by atoms with Gasteiger partial charge in [0.05, 0.1) is 17.4 Å². The number of pyridine rings is 2. The van der Waals surface area contributed by atoms with Gasteiger partial charge in [-0.05, 0) is 32.0 Å². The third kappa shape index (κ3) is 3.39. The van der Waals surface area contributed by atoms with E-state index in [1.807, 2.05) is 22.8 Å². The van der Waals surface area contributed by atoms with Gasteiger partial charge in [0.1, 0.15) is 17.6 Å². The maximum Gasteiger partial charge on any atom is 0.255 e. The van der Waals surface area contributed by atoms with Gasteiger partial charge in [-0.15, -0.1) is 0 Å². The highest BCUT2D eigenvalue weighted by Crippen LogP contribution is 2.25. The first kappa shape index (κ1) is 19.6. The second-order valence-electron chi connectivity index (χ2n) is 7.66. The molecule has 5 heterocycles. The Morgan fingerprint density at radius 1 is 1.00 bits per heavy atom. The molecule has 1 N–H and O–H groups in total. The van der Waals surface area contributed by atoms with E-state index in [0.29, 0.717) is 39.1 Å². The minimum atomic E-state index is -0.313. The minimum absolute atomic E-state index is 0.130. The largest absolute Gasteiger partial charge is 0.329 e. The van der Waals surface area contributed by atoms with Crippen molar-refractivity contribution < 1.29 is 9.59 Å². The van der Waals surface area contributed by atoms with Crippen molar-refractivity contribution in [2.75, 3.05) is 5.32 Å². The van der Waals surface area contributed by atoms with Gasteiger partial charge < -0.3 is 14.3 Å². The highest BCUT2D eigenvalue weighted by atomic mass is 16.1. The maximum atomic E-state index is 13.3. The Hall–Kier alpha value is -4.40. The molecule has 0 aliphatic carbocycles. The normalized spacial score (nSPS) is 11.3. The maximum absolute atomic E-state index is 13.3. The minimum Gasteiger partial charge on any atom is -0.329 e. The number of ketones is 1. The number of aromatic nitrogens is 6. The van der Waals surface area contributed by atoms with E-state index in [2.05, 4.69) is 25.3 Å². The summed E-state index contributed by atoms with van der Waals surface area (Å²) in [6.07, 6.45) is 13.1. The van der Waals surface area contributed by atoms with Crippen LogP contribution in [0.15, 0.2) is 67.9 Å². The van der Waals surface area contributed by atoms with Crippen LogP contribution in [0.5, 0.6) is 0 Å². The molecule has 1 amide bonds. The lowest BCUT2D eigenvalue weighted by Crippen LogP contribution is -2.13. The Balaban J connectivity index is 1.44. The molecular formula is C23H19N7O2. The Bertz CT molecular complexity index is 1480. The summed E-state index contributed by atoms with van der Waals surface area (Å²) >= 11 is 0. The second-order valence-corrected chi connectivity index (χ2v) is 7.66. The van der Waals surface area contributed by atoms with E-state index in [-0.39, 0.29) is 17.7 Å². The third-order valence-corrected chi connectivity index (χ3v) is 5.21. The molecule has 5 aromatic heterocycles. The summed E-state index contributed by atoms with van der Waals surface area (Å²) in [4.78, 5) is 42.7. The lowest BCUT2D eigenvalue weighted by atomic mass is 10.1. The molecular weight excluding hydrogens is 406 g/mol. The van der Waals surface area contributed by atoms with Gasteiger partial charge in [-0.25, -0.2) is 15.0 Å². The first-order valence-corrected chi connectivity index (χ1v) is 10.1.